The number of carboxylic acid groups (broad SMARTS) is 1. The van der Waals surface area contributed by atoms with Gasteiger partial charge in [0.15, 0.2) is 0 Å². The van der Waals surface area contributed by atoms with Crippen molar-refractivity contribution in [3.63, 3.8) is 0 Å². The molecule has 6 heteroatoms. The lowest BCUT2D eigenvalue weighted by Crippen LogP contribution is -2.04. The molecule has 0 spiro atoms. The highest BCUT2D eigenvalue weighted by Crippen LogP contribution is 2.20. The molecule has 104 valence electrons. The van der Waals surface area contributed by atoms with Gasteiger partial charge in [-0.05, 0) is 24.6 Å². The van der Waals surface area contributed by atoms with E-state index in [1.807, 2.05) is 18.2 Å². The van der Waals surface area contributed by atoms with E-state index >= 15 is 0 Å². The Balaban J connectivity index is 2.19. The van der Waals surface area contributed by atoms with Crippen LogP contribution < -0.4 is 4.74 Å². The Morgan fingerprint density at radius 3 is 2.85 bits per heavy atom. The number of carboxylic acids is 1. The molecule has 20 heavy (non-hydrogen) atoms. The second kappa shape index (κ2) is 6.12. The molecule has 1 aromatic heterocycles. The SMILES string of the molecule is COCc1cccc(Oc2ncc(C(=O)O)c(C)n2)c1. The van der Waals surface area contributed by atoms with Gasteiger partial charge in [0.05, 0.1) is 17.9 Å². The van der Waals surface area contributed by atoms with Gasteiger partial charge in [-0.3, -0.25) is 0 Å². The van der Waals surface area contributed by atoms with Gasteiger partial charge in [-0.1, -0.05) is 12.1 Å². The lowest BCUT2D eigenvalue weighted by molar-refractivity contribution is 0.0695. The molecular weight excluding hydrogens is 260 g/mol. The molecule has 2 rings (SSSR count). The van der Waals surface area contributed by atoms with Crippen molar-refractivity contribution in [1.29, 1.82) is 0 Å². The number of rotatable bonds is 5. The molecule has 0 radical (unpaired) electrons. The van der Waals surface area contributed by atoms with Gasteiger partial charge in [0, 0.05) is 13.3 Å². The van der Waals surface area contributed by atoms with Crippen LogP contribution in [0, 0.1) is 6.92 Å². The average molecular weight is 274 g/mol. The zero-order chi connectivity index (χ0) is 14.5. The van der Waals surface area contributed by atoms with Crippen LogP contribution in [-0.4, -0.2) is 28.2 Å². The van der Waals surface area contributed by atoms with Crippen LogP contribution in [0.1, 0.15) is 21.6 Å². The monoisotopic (exact) mass is 274 g/mol. The largest absolute Gasteiger partial charge is 0.478 e. The molecule has 0 unspecified atom stereocenters. The predicted octanol–water partition coefficient (Wildman–Crippen LogP) is 2.42. The summed E-state index contributed by atoms with van der Waals surface area (Å²) in [6.07, 6.45) is 1.24. The highest BCUT2D eigenvalue weighted by Gasteiger charge is 2.11. The third-order valence-corrected chi connectivity index (χ3v) is 2.61. The van der Waals surface area contributed by atoms with Crippen molar-refractivity contribution >= 4 is 5.97 Å². The van der Waals surface area contributed by atoms with Gasteiger partial charge in [-0.2, -0.15) is 4.98 Å². The molecule has 0 bridgehead atoms. The van der Waals surface area contributed by atoms with Gasteiger partial charge in [-0.25, -0.2) is 9.78 Å². The second-order valence-electron chi connectivity index (χ2n) is 4.14. The van der Waals surface area contributed by atoms with Crippen molar-refractivity contribution in [3.05, 3.63) is 47.3 Å². The first-order chi connectivity index (χ1) is 9.60. The summed E-state index contributed by atoms with van der Waals surface area (Å²) in [5, 5.41) is 8.91. The summed E-state index contributed by atoms with van der Waals surface area (Å²) in [5.41, 5.74) is 1.38. The first-order valence-electron chi connectivity index (χ1n) is 5.93. The molecule has 0 aliphatic carbocycles. The van der Waals surface area contributed by atoms with Crippen LogP contribution in [0.3, 0.4) is 0 Å². The number of carbonyl (C=O) groups is 1. The van der Waals surface area contributed by atoms with Crippen molar-refractivity contribution in [3.8, 4) is 11.8 Å². The Labute approximate surface area is 116 Å². The Morgan fingerprint density at radius 1 is 1.40 bits per heavy atom. The van der Waals surface area contributed by atoms with E-state index in [1.165, 1.54) is 6.20 Å². The maximum atomic E-state index is 10.9. The molecule has 1 N–H and O–H groups in total. The highest BCUT2D eigenvalue weighted by atomic mass is 16.5. The lowest BCUT2D eigenvalue weighted by Gasteiger charge is -2.07. The summed E-state index contributed by atoms with van der Waals surface area (Å²) in [5.74, 6) is -0.488. The van der Waals surface area contributed by atoms with Crippen molar-refractivity contribution in [2.75, 3.05) is 7.11 Å². The number of hydrogen-bond acceptors (Lipinski definition) is 5. The van der Waals surface area contributed by atoms with E-state index < -0.39 is 5.97 Å². The highest BCUT2D eigenvalue weighted by molar-refractivity contribution is 5.88. The van der Waals surface area contributed by atoms with Gasteiger partial charge in [0.25, 0.3) is 0 Å². The smallest absolute Gasteiger partial charge is 0.339 e. The zero-order valence-corrected chi connectivity index (χ0v) is 11.2. The summed E-state index contributed by atoms with van der Waals surface area (Å²) in [6.45, 7) is 2.08. The van der Waals surface area contributed by atoms with E-state index in [4.69, 9.17) is 14.6 Å². The first kappa shape index (κ1) is 14.0. The molecule has 0 aliphatic heterocycles. The Kier molecular flexibility index (Phi) is 4.27. The normalized spacial score (nSPS) is 10.3. The van der Waals surface area contributed by atoms with Gasteiger partial charge in [0.2, 0.25) is 0 Å². The van der Waals surface area contributed by atoms with Crippen LogP contribution >= 0.6 is 0 Å². The Morgan fingerprint density at radius 2 is 2.20 bits per heavy atom. The van der Waals surface area contributed by atoms with Crippen LogP contribution in [0.2, 0.25) is 0 Å². The minimum absolute atomic E-state index is 0.0606. The number of aromatic nitrogens is 2. The number of benzene rings is 1. The summed E-state index contributed by atoms with van der Waals surface area (Å²) < 4.78 is 10.6. The van der Waals surface area contributed by atoms with E-state index in [1.54, 1.807) is 20.1 Å². The van der Waals surface area contributed by atoms with Crippen LogP contribution in [-0.2, 0) is 11.3 Å². The number of methoxy groups -OCH3 is 1. The fourth-order valence-corrected chi connectivity index (χ4v) is 1.68. The van der Waals surface area contributed by atoms with Crippen molar-refractivity contribution in [2.24, 2.45) is 0 Å². The summed E-state index contributed by atoms with van der Waals surface area (Å²) in [4.78, 5) is 18.8. The first-order valence-corrected chi connectivity index (χ1v) is 5.93. The van der Waals surface area contributed by atoms with E-state index in [2.05, 4.69) is 9.97 Å². The third-order valence-electron chi connectivity index (χ3n) is 2.61. The van der Waals surface area contributed by atoms with Crippen molar-refractivity contribution < 1.29 is 19.4 Å². The van der Waals surface area contributed by atoms with Crippen molar-refractivity contribution in [2.45, 2.75) is 13.5 Å². The zero-order valence-electron chi connectivity index (χ0n) is 11.2. The molecule has 0 fully saturated rings. The van der Waals surface area contributed by atoms with Gasteiger partial charge in [-0.15, -0.1) is 0 Å². The fraction of sp³-hybridized carbons (Fsp3) is 0.214. The van der Waals surface area contributed by atoms with Gasteiger partial charge >= 0.3 is 12.0 Å². The fourth-order valence-electron chi connectivity index (χ4n) is 1.68. The van der Waals surface area contributed by atoms with Crippen LogP contribution in [0.5, 0.6) is 11.8 Å². The molecule has 6 nitrogen and oxygen atoms in total. The molecule has 0 atom stereocenters. The average Bonchev–Trinajstić information content (AvgIpc) is 2.39. The topological polar surface area (TPSA) is 81.5 Å². The standard InChI is InChI=1S/C14H14N2O4/c1-9-12(13(17)18)7-15-14(16-9)20-11-5-3-4-10(6-11)8-19-2/h3-7H,8H2,1-2H3,(H,17,18). The van der Waals surface area contributed by atoms with Crippen LogP contribution in [0.15, 0.2) is 30.5 Å². The molecule has 1 aromatic carbocycles. The molecule has 0 aliphatic rings. The summed E-state index contributed by atoms with van der Waals surface area (Å²) >= 11 is 0. The molecular formula is C14H14N2O4. The molecule has 0 saturated heterocycles. The third kappa shape index (κ3) is 3.30. The lowest BCUT2D eigenvalue weighted by atomic mass is 10.2. The number of hydrogen-bond donors (Lipinski definition) is 1. The summed E-state index contributed by atoms with van der Waals surface area (Å²) in [6, 6.07) is 7.44. The maximum absolute atomic E-state index is 10.9. The van der Waals surface area contributed by atoms with Crippen LogP contribution in [0.4, 0.5) is 0 Å². The van der Waals surface area contributed by atoms with Crippen LogP contribution in [0.25, 0.3) is 0 Å². The summed E-state index contributed by atoms with van der Waals surface area (Å²) in [7, 11) is 1.62. The Bertz CT molecular complexity index is 628. The second-order valence-corrected chi connectivity index (χ2v) is 4.14. The quantitative estimate of drug-likeness (QED) is 0.901. The van der Waals surface area contributed by atoms with E-state index in [9.17, 15) is 4.79 Å². The number of aromatic carboxylic acids is 1. The van der Waals surface area contributed by atoms with Gasteiger partial charge < -0.3 is 14.6 Å². The van der Waals surface area contributed by atoms with Crippen molar-refractivity contribution in [1.82, 2.24) is 9.97 Å². The number of ether oxygens (including phenoxy) is 2. The Hall–Kier alpha value is -2.47. The number of nitrogens with zero attached hydrogens (tertiary/aromatic N) is 2. The molecule has 2 aromatic rings. The maximum Gasteiger partial charge on any atom is 0.339 e. The minimum atomic E-state index is -1.06. The van der Waals surface area contributed by atoms with E-state index in [-0.39, 0.29) is 11.6 Å². The molecule has 1 heterocycles. The van der Waals surface area contributed by atoms with E-state index in [0.29, 0.717) is 18.1 Å². The van der Waals surface area contributed by atoms with Gasteiger partial charge in [0.1, 0.15) is 5.75 Å². The number of aryl methyl sites for hydroxylation is 1. The minimum Gasteiger partial charge on any atom is -0.478 e. The molecule has 0 saturated carbocycles. The predicted molar refractivity (Wildman–Crippen MR) is 71.0 cm³/mol. The molecule has 0 amide bonds. The van der Waals surface area contributed by atoms with E-state index in [0.717, 1.165) is 5.56 Å².